The van der Waals surface area contributed by atoms with E-state index < -0.39 is 10.0 Å². The average Bonchev–Trinajstić information content (AvgIpc) is 3.02. The van der Waals surface area contributed by atoms with E-state index in [9.17, 15) is 13.2 Å². The van der Waals surface area contributed by atoms with Crippen molar-refractivity contribution in [3.63, 3.8) is 0 Å². The van der Waals surface area contributed by atoms with Gasteiger partial charge >= 0.3 is 0 Å². The Morgan fingerprint density at radius 1 is 1.29 bits per heavy atom. The number of hydrogen-bond acceptors (Lipinski definition) is 5. The van der Waals surface area contributed by atoms with Gasteiger partial charge in [-0.3, -0.25) is 4.79 Å². The standard InChI is InChI=1S/C19H30N4O3S2/c1-6-9-12-23-17-11-10-15(28(25,26)22(7-2)8-3)13-16(17)21-19(23)27-14(4)18(24)20-5/h10-11,13-14H,6-9,12H2,1-5H3,(H,20,24)/t14-/m0/s1. The lowest BCUT2D eigenvalue weighted by molar-refractivity contribution is -0.119. The van der Waals surface area contributed by atoms with Gasteiger partial charge in [-0.25, -0.2) is 13.4 Å². The fraction of sp³-hybridized carbons (Fsp3) is 0.579. The number of thioether (sulfide) groups is 1. The molecule has 2 aromatic rings. The molecular formula is C19H30N4O3S2. The van der Waals surface area contributed by atoms with E-state index >= 15 is 0 Å². The van der Waals surface area contributed by atoms with Gasteiger partial charge in [-0.1, -0.05) is 39.0 Å². The number of carbonyl (C=O) groups is 1. The minimum absolute atomic E-state index is 0.0658. The van der Waals surface area contributed by atoms with Crippen molar-refractivity contribution in [2.75, 3.05) is 20.1 Å². The molecule has 156 valence electrons. The van der Waals surface area contributed by atoms with E-state index in [0.29, 0.717) is 18.6 Å². The predicted octanol–water partition coefficient (Wildman–Crippen LogP) is 3.09. The van der Waals surface area contributed by atoms with Gasteiger partial charge in [-0.15, -0.1) is 0 Å². The van der Waals surface area contributed by atoms with E-state index in [0.717, 1.165) is 30.1 Å². The van der Waals surface area contributed by atoms with Gasteiger partial charge in [0.1, 0.15) is 0 Å². The second-order valence-corrected chi connectivity index (χ2v) is 9.76. The molecule has 1 N–H and O–H groups in total. The molecule has 0 aliphatic carbocycles. The zero-order chi connectivity index (χ0) is 20.9. The van der Waals surface area contributed by atoms with Gasteiger partial charge in [0.2, 0.25) is 15.9 Å². The molecule has 1 heterocycles. The highest BCUT2D eigenvalue weighted by Gasteiger charge is 2.24. The maximum atomic E-state index is 12.8. The van der Waals surface area contributed by atoms with Gasteiger partial charge in [-0.2, -0.15) is 4.31 Å². The van der Waals surface area contributed by atoms with Crippen molar-refractivity contribution in [3.8, 4) is 0 Å². The van der Waals surface area contributed by atoms with Gasteiger partial charge in [0.25, 0.3) is 0 Å². The van der Waals surface area contributed by atoms with E-state index in [1.54, 1.807) is 19.2 Å². The maximum absolute atomic E-state index is 12.8. The number of carbonyl (C=O) groups excluding carboxylic acids is 1. The molecule has 0 radical (unpaired) electrons. The van der Waals surface area contributed by atoms with Crippen LogP contribution < -0.4 is 5.32 Å². The van der Waals surface area contributed by atoms with Crippen molar-refractivity contribution in [2.45, 2.75) is 62.4 Å². The number of nitrogens with zero attached hydrogens (tertiary/aromatic N) is 3. The van der Waals surface area contributed by atoms with Crippen LogP contribution in [0.15, 0.2) is 28.3 Å². The number of aryl methyl sites for hydroxylation is 1. The number of amides is 1. The molecule has 2 rings (SSSR count). The second kappa shape index (κ2) is 9.76. The van der Waals surface area contributed by atoms with E-state index in [1.807, 2.05) is 26.8 Å². The van der Waals surface area contributed by atoms with Crippen LogP contribution in [0.4, 0.5) is 0 Å². The van der Waals surface area contributed by atoms with Crippen LogP contribution in [0.1, 0.15) is 40.5 Å². The molecule has 9 heteroatoms. The number of sulfonamides is 1. The summed E-state index contributed by atoms with van der Waals surface area (Å²) in [4.78, 5) is 16.8. The van der Waals surface area contributed by atoms with E-state index in [4.69, 9.17) is 0 Å². The number of hydrogen-bond donors (Lipinski definition) is 1. The van der Waals surface area contributed by atoms with Crippen molar-refractivity contribution >= 4 is 38.7 Å². The quantitative estimate of drug-likeness (QED) is 0.590. The monoisotopic (exact) mass is 426 g/mol. The molecule has 0 aliphatic rings. The summed E-state index contributed by atoms with van der Waals surface area (Å²) < 4.78 is 29.2. The van der Waals surface area contributed by atoms with Gasteiger partial charge < -0.3 is 9.88 Å². The summed E-state index contributed by atoms with van der Waals surface area (Å²) in [5.41, 5.74) is 1.52. The molecular weight excluding hydrogens is 396 g/mol. The zero-order valence-electron chi connectivity index (χ0n) is 17.2. The van der Waals surface area contributed by atoms with Crippen LogP contribution in [0, 0.1) is 0 Å². The van der Waals surface area contributed by atoms with Gasteiger partial charge in [0.05, 0.1) is 21.2 Å². The third-order valence-corrected chi connectivity index (χ3v) is 7.80. The first-order chi connectivity index (χ1) is 13.3. The van der Waals surface area contributed by atoms with E-state index in [1.165, 1.54) is 16.1 Å². The fourth-order valence-corrected chi connectivity index (χ4v) is 5.49. The van der Waals surface area contributed by atoms with Crippen molar-refractivity contribution in [1.82, 2.24) is 19.2 Å². The van der Waals surface area contributed by atoms with Crippen molar-refractivity contribution < 1.29 is 13.2 Å². The lowest BCUT2D eigenvalue weighted by Gasteiger charge is -2.18. The molecule has 0 saturated heterocycles. The summed E-state index contributed by atoms with van der Waals surface area (Å²) in [6, 6.07) is 5.11. The number of rotatable bonds is 10. The normalized spacial score (nSPS) is 13.2. The number of unbranched alkanes of at least 4 members (excludes halogenated alkanes) is 1. The van der Waals surface area contributed by atoms with Crippen LogP contribution in [0.3, 0.4) is 0 Å². The number of benzene rings is 1. The van der Waals surface area contributed by atoms with Gasteiger partial charge in [0, 0.05) is 26.7 Å². The number of imidazole rings is 1. The van der Waals surface area contributed by atoms with Gasteiger partial charge in [0.15, 0.2) is 5.16 Å². The number of fused-ring (bicyclic) bond motifs is 1. The first kappa shape index (κ1) is 22.7. The second-order valence-electron chi connectivity index (χ2n) is 6.51. The Bertz CT molecular complexity index is 921. The third-order valence-electron chi connectivity index (χ3n) is 4.66. The Kier molecular flexibility index (Phi) is 7.91. The molecule has 0 fully saturated rings. The summed E-state index contributed by atoms with van der Waals surface area (Å²) in [7, 11) is -1.93. The van der Waals surface area contributed by atoms with Crippen molar-refractivity contribution in [2.24, 2.45) is 0 Å². The van der Waals surface area contributed by atoms with Crippen LogP contribution in [0.5, 0.6) is 0 Å². The minimum atomic E-state index is -3.54. The van der Waals surface area contributed by atoms with Gasteiger partial charge in [-0.05, 0) is 31.5 Å². The summed E-state index contributed by atoms with van der Waals surface area (Å²) >= 11 is 1.39. The largest absolute Gasteiger partial charge is 0.358 e. The zero-order valence-corrected chi connectivity index (χ0v) is 18.9. The molecule has 0 bridgehead atoms. The Hall–Kier alpha value is -1.58. The molecule has 28 heavy (non-hydrogen) atoms. The van der Waals surface area contributed by atoms with E-state index in [2.05, 4.69) is 21.8 Å². The smallest absolute Gasteiger partial charge is 0.243 e. The number of aromatic nitrogens is 2. The van der Waals surface area contributed by atoms with Crippen LogP contribution in [0.2, 0.25) is 0 Å². The van der Waals surface area contributed by atoms with Crippen molar-refractivity contribution in [3.05, 3.63) is 18.2 Å². The highest BCUT2D eigenvalue weighted by Crippen LogP contribution is 2.30. The lowest BCUT2D eigenvalue weighted by Crippen LogP contribution is -2.30. The molecule has 0 aliphatic heterocycles. The third kappa shape index (κ3) is 4.69. The Labute approximate surface area is 171 Å². The lowest BCUT2D eigenvalue weighted by atomic mass is 10.3. The highest BCUT2D eigenvalue weighted by molar-refractivity contribution is 8.00. The average molecular weight is 427 g/mol. The molecule has 1 amide bonds. The Morgan fingerprint density at radius 3 is 2.54 bits per heavy atom. The molecule has 0 unspecified atom stereocenters. The molecule has 0 saturated carbocycles. The SMILES string of the molecule is CCCCn1c(S[C@@H](C)C(=O)NC)nc2cc(S(=O)(=O)N(CC)CC)ccc21. The first-order valence-corrected chi connectivity index (χ1v) is 12.0. The fourth-order valence-electron chi connectivity index (χ4n) is 3.00. The van der Waals surface area contributed by atoms with E-state index in [-0.39, 0.29) is 16.1 Å². The molecule has 1 aromatic heterocycles. The highest BCUT2D eigenvalue weighted by atomic mass is 32.2. The van der Waals surface area contributed by atoms with Crippen molar-refractivity contribution in [1.29, 1.82) is 0 Å². The summed E-state index contributed by atoms with van der Waals surface area (Å²) in [6.07, 6.45) is 2.01. The number of nitrogens with one attached hydrogen (secondary N) is 1. The summed E-state index contributed by atoms with van der Waals surface area (Å²) in [5, 5.41) is 3.10. The Morgan fingerprint density at radius 2 is 1.96 bits per heavy atom. The molecule has 1 aromatic carbocycles. The molecule has 0 spiro atoms. The minimum Gasteiger partial charge on any atom is -0.358 e. The topological polar surface area (TPSA) is 84.3 Å². The summed E-state index contributed by atoms with van der Waals surface area (Å²) in [5.74, 6) is -0.0658. The van der Waals surface area contributed by atoms with Crippen LogP contribution in [-0.4, -0.2) is 53.6 Å². The Balaban J connectivity index is 2.51. The first-order valence-electron chi connectivity index (χ1n) is 9.68. The van der Waals surface area contributed by atoms with Crippen LogP contribution >= 0.6 is 11.8 Å². The predicted molar refractivity (Wildman–Crippen MR) is 114 cm³/mol. The molecule has 1 atom stereocenters. The summed E-state index contributed by atoms with van der Waals surface area (Å²) in [6.45, 7) is 9.23. The van der Waals surface area contributed by atoms with Crippen LogP contribution in [0.25, 0.3) is 11.0 Å². The molecule has 7 nitrogen and oxygen atoms in total. The van der Waals surface area contributed by atoms with Crippen LogP contribution in [-0.2, 0) is 21.4 Å². The maximum Gasteiger partial charge on any atom is 0.243 e.